The molecule has 0 rings (SSSR count). The molecule has 0 aliphatic heterocycles. The van der Waals surface area contributed by atoms with Crippen LogP contribution < -0.4 is 0 Å². The van der Waals surface area contributed by atoms with Gasteiger partial charge in [-0.1, -0.05) is 20.3 Å². The van der Waals surface area contributed by atoms with Crippen LogP contribution in [0.2, 0.25) is 0 Å². The van der Waals surface area contributed by atoms with Gasteiger partial charge in [0.1, 0.15) is 0 Å². The third-order valence-electron chi connectivity index (χ3n) is 3.01. The molecule has 4 heteroatoms. The normalized spacial score (nSPS) is 15.4. The van der Waals surface area contributed by atoms with Crippen LogP contribution in [0.3, 0.4) is 0 Å². The molecule has 1 N–H and O–H groups in total. The molecule has 17 heavy (non-hydrogen) atoms. The van der Waals surface area contributed by atoms with Crippen molar-refractivity contribution in [1.82, 2.24) is 0 Å². The van der Waals surface area contributed by atoms with E-state index in [2.05, 4.69) is 6.92 Å². The first-order valence-corrected chi connectivity index (χ1v) is 7.37. The highest BCUT2D eigenvalue weighted by molar-refractivity contribution is 7.99. The minimum absolute atomic E-state index is 0.0888. The van der Waals surface area contributed by atoms with E-state index in [4.69, 9.17) is 4.74 Å². The Bertz CT molecular complexity index is 229. The predicted octanol–water partition coefficient (Wildman–Crippen LogP) is 2.72. The van der Waals surface area contributed by atoms with Crippen LogP contribution in [0, 0.1) is 11.3 Å². The lowest BCUT2D eigenvalue weighted by Gasteiger charge is -2.31. The van der Waals surface area contributed by atoms with Gasteiger partial charge < -0.3 is 9.84 Å². The van der Waals surface area contributed by atoms with Crippen LogP contribution in [0.4, 0.5) is 0 Å². The summed E-state index contributed by atoms with van der Waals surface area (Å²) >= 11 is 1.84. The summed E-state index contributed by atoms with van der Waals surface area (Å²) in [5.74, 6) is 1.73. The summed E-state index contributed by atoms with van der Waals surface area (Å²) in [5, 5.41) is 10.2. The SMILES string of the molecule is CCCCSC[C@@H](C)[C@@H](O)C(C)(C)C(=O)OC. The Labute approximate surface area is 109 Å². The van der Waals surface area contributed by atoms with Crippen molar-refractivity contribution in [1.29, 1.82) is 0 Å². The Kier molecular flexibility index (Phi) is 7.88. The molecule has 0 aromatic carbocycles. The standard InChI is InChI=1S/C13H26O3S/c1-6-7-8-17-9-10(2)11(14)13(3,4)12(15)16-5/h10-11,14H,6-9H2,1-5H3/t10-,11-/m1/s1. The molecule has 2 atom stereocenters. The molecule has 0 spiro atoms. The van der Waals surface area contributed by atoms with E-state index in [0.717, 1.165) is 11.5 Å². The van der Waals surface area contributed by atoms with Gasteiger partial charge in [-0.25, -0.2) is 0 Å². The van der Waals surface area contributed by atoms with Gasteiger partial charge in [0.05, 0.1) is 18.6 Å². The van der Waals surface area contributed by atoms with Crippen LogP contribution in [0.15, 0.2) is 0 Å². The van der Waals surface area contributed by atoms with Gasteiger partial charge >= 0.3 is 5.97 Å². The molecule has 0 fully saturated rings. The lowest BCUT2D eigenvalue weighted by atomic mass is 9.81. The number of rotatable bonds is 8. The number of unbranched alkanes of at least 4 members (excludes halogenated alkanes) is 1. The number of aliphatic hydroxyl groups excluding tert-OH is 1. The van der Waals surface area contributed by atoms with Gasteiger partial charge in [0.15, 0.2) is 0 Å². The zero-order chi connectivity index (χ0) is 13.5. The minimum atomic E-state index is -0.834. The Balaban J connectivity index is 4.19. The Morgan fingerprint density at radius 3 is 2.53 bits per heavy atom. The Hall–Kier alpha value is -0.220. The molecule has 102 valence electrons. The molecule has 0 aliphatic rings. The first-order chi connectivity index (χ1) is 7.87. The molecule has 0 radical (unpaired) electrons. The molecule has 3 nitrogen and oxygen atoms in total. The second kappa shape index (κ2) is 7.98. The third-order valence-corrected chi connectivity index (χ3v) is 4.35. The lowest BCUT2D eigenvalue weighted by molar-refractivity contribution is -0.159. The van der Waals surface area contributed by atoms with Crippen molar-refractivity contribution in [3.8, 4) is 0 Å². The summed E-state index contributed by atoms with van der Waals surface area (Å²) in [6.07, 6.45) is 1.73. The van der Waals surface area contributed by atoms with Crippen LogP contribution in [-0.4, -0.2) is 35.8 Å². The Morgan fingerprint density at radius 2 is 2.06 bits per heavy atom. The second-order valence-electron chi connectivity index (χ2n) is 5.06. The number of thioether (sulfide) groups is 1. The maximum atomic E-state index is 11.6. The monoisotopic (exact) mass is 262 g/mol. The number of hydrogen-bond acceptors (Lipinski definition) is 4. The van der Waals surface area contributed by atoms with E-state index in [0.29, 0.717) is 0 Å². The molecule has 0 aromatic heterocycles. The lowest BCUT2D eigenvalue weighted by Crippen LogP contribution is -2.42. The van der Waals surface area contributed by atoms with Crippen LogP contribution in [-0.2, 0) is 9.53 Å². The van der Waals surface area contributed by atoms with E-state index >= 15 is 0 Å². The first kappa shape index (κ1) is 16.8. The van der Waals surface area contributed by atoms with Crippen molar-refractivity contribution in [3.05, 3.63) is 0 Å². The molecule has 0 bridgehead atoms. The number of aliphatic hydroxyl groups is 1. The van der Waals surface area contributed by atoms with E-state index in [1.807, 2.05) is 18.7 Å². The van der Waals surface area contributed by atoms with Gasteiger partial charge in [-0.3, -0.25) is 4.79 Å². The number of carbonyl (C=O) groups excluding carboxylic acids is 1. The fourth-order valence-corrected chi connectivity index (χ4v) is 2.92. The zero-order valence-electron chi connectivity index (χ0n) is 11.7. The molecule has 0 aromatic rings. The predicted molar refractivity (Wildman–Crippen MR) is 73.2 cm³/mol. The molecular formula is C13H26O3S. The summed E-state index contributed by atoms with van der Waals surface area (Å²) < 4.78 is 4.72. The van der Waals surface area contributed by atoms with E-state index in [1.54, 1.807) is 13.8 Å². The quantitative estimate of drug-likeness (QED) is 0.540. The van der Waals surface area contributed by atoms with Crippen molar-refractivity contribution in [2.24, 2.45) is 11.3 Å². The summed E-state index contributed by atoms with van der Waals surface area (Å²) in [6.45, 7) is 7.61. The average molecular weight is 262 g/mol. The summed E-state index contributed by atoms with van der Waals surface area (Å²) in [7, 11) is 1.36. The average Bonchev–Trinajstić information content (AvgIpc) is 2.32. The fourth-order valence-electron chi connectivity index (χ4n) is 1.70. The van der Waals surface area contributed by atoms with Crippen molar-refractivity contribution in [2.75, 3.05) is 18.6 Å². The number of methoxy groups -OCH3 is 1. The molecule has 0 saturated carbocycles. The van der Waals surface area contributed by atoms with E-state index in [1.165, 1.54) is 20.0 Å². The second-order valence-corrected chi connectivity index (χ2v) is 6.21. The highest BCUT2D eigenvalue weighted by atomic mass is 32.2. The largest absolute Gasteiger partial charge is 0.469 e. The smallest absolute Gasteiger partial charge is 0.313 e. The highest BCUT2D eigenvalue weighted by Gasteiger charge is 2.39. The molecule has 0 saturated heterocycles. The summed E-state index contributed by atoms with van der Waals surface area (Å²) in [5.41, 5.74) is -0.834. The molecule has 0 aliphatic carbocycles. The summed E-state index contributed by atoms with van der Waals surface area (Å²) in [4.78, 5) is 11.6. The highest BCUT2D eigenvalue weighted by Crippen LogP contribution is 2.29. The van der Waals surface area contributed by atoms with E-state index in [-0.39, 0.29) is 11.9 Å². The molecular weight excluding hydrogens is 236 g/mol. The topological polar surface area (TPSA) is 46.5 Å². The van der Waals surface area contributed by atoms with Crippen LogP contribution in [0.5, 0.6) is 0 Å². The molecule has 0 unspecified atom stereocenters. The third kappa shape index (κ3) is 5.30. The van der Waals surface area contributed by atoms with Crippen molar-refractivity contribution in [3.63, 3.8) is 0 Å². The maximum Gasteiger partial charge on any atom is 0.313 e. The number of hydrogen-bond donors (Lipinski definition) is 1. The van der Waals surface area contributed by atoms with Crippen molar-refractivity contribution >= 4 is 17.7 Å². The van der Waals surface area contributed by atoms with Crippen molar-refractivity contribution in [2.45, 2.75) is 46.6 Å². The van der Waals surface area contributed by atoms with E-state index < -0.39 is 11.5 Å². The number of carbonyl (C=O) groups is 1. The van der Waals surface area contributed by atoms with E-state index in [9.17, 15) is 9.90 Å². The Morgan fingerprint density at radius 1 is 1.47 bits per heavy atom. The molecule has 0 amide bonds. The van der Waals surface area contributed by atoms with Gasteiger partial charge in [-0.2, -0.15) is 11.8 Å². The molecule has 0 heterocycles. The van der Waals surface area contributed by atoms with Crippen LogP contribution >= 0.6 is 11.8 Å². The number of ether oxygens (including phenoxy) is 1. The summed E-state index contributed by atoms with van der Waals surface area (Å²) in [6, 6.07) is 0. The van der Waals surface area contributed by atoms with Gasteiger partial charge in [-0.15, -0.1) is 0 Å². The first-order valence-electron chi connectivity index (χ1n) is 6.22. The van der Waals surface area contributed by atoms with Crippen molar-refractivity contribution < 1.29 is 14.6 Å². The fraction of sp³-hybridized carbons (Fsp3) is 0.923. The van der Waals surface area contributed by atoms with Gasteiger partial charge in [-0.05, 0) is 37.7 Å². The maximum absolute atomic E-state index is 11.6. The van der Waals surface area contributed by atoms with Crippen LogP contribution in [0.25, 0.3) is 0 Å². The minimum Gasteiger partial charge on any atom is -0.469 e. The van der Waals surface area contributed by atoms with Crippen LogP contribution in [0.1, 0.15) is 40.5 Å². The van der Waals surface area contributed by atoms with Gasteiger partial charge in [0.25, 0.3) is 0 Å². The zero-order valence-corrected chi connectivity index (χ0v) is 12.5. The van der Waals surface area contributed by atoms with Gasteiger partial charge in [0, 0.05) is 0 Å². The number of esters is 1. The van der Waals surface area contributed by atoms with Gasteiger partial charge in [0.2, 0.25) is 0 Å².